The number of hydrogen-bond donors (Lipinski definition) is 3. The van der Waals surface area contributed by atoms with E-state index in [4.69, 9.17) is 9.84 Å². The predicted molar refractivity (Wildman–Crippen MR) is 60.6 cm³/mol. The normalized spacial score (nSPS) is 32.6. The van der Waals surface area contributed by atoms with Gasteiger partial charge >= 0.3 is 12.3 Å². The molecule has 0 aromatic carbocycles. The Morgan fingerprint density at radius 1 is 1.05 bits per heavy atom. The van der Waals surface area contributed by atoms with Crippen LogP contribution >= 0.6 is 0 Å². The van der Waals surface area contributed by atoms with Crippen LogP contribution in [0.15, 0.2) is 12.2 Å². The van der Waals surface area contributed by atoms with Crippen LogP contribution in [0, 0.1) is 0 Å². The summed E-state index contributed by atoms with van der Waals surface area (Å²) < 4.78 is 13.7. The summed E-state index contributed by atoms with van der Waals surface area (Å²) in [6.45, 7) is 0. The number of methoxy groups -OCH3 is 1. The lowest BCUT2D eigenvalue weighted by Crippen LogP contribution is -2.36. The lowest BCUT2D eigenvalue weighted by molar-refractivity contribution is -0.0404. The maximum atomic E-state index is 11.0. The van der Waals surface area contributed by atoms with E-state index in [1.54, 1.807) is 0 Å². The molecule has 0 bridgehead atoms. The predicted octanol–water partition coefficient (Wildman–Crippen LogP) is 0.273. The highest BCUT2D eigenvalue weighted by atomic mass is 16.7. The first-order valence-electron chi connectivity index (χ1n) is 5.61. The minimum Gasteiger partial charge on any atom is -0.450 e. The Morgan fingerprint density at radius 3 is 1.95 bits per heavy atom. The van der Waals surface area contributed by atoms with Gasteiger partial charge in [-0.1, -0.05) is 0 Å². The van der Waals surface area contributed by atoms with Crippen molar-refractivity contribution >= 4 is 12.3 Å². The molecule has 4 unspecified atom stereocenters. The third-order valence-electron chi connectivity index (χ3n) is 2.60. The largest absolute Gasteiger partial charge is 0.508 e. The summed E-state index contributed by atoms with van der Waals surface area (Å²) in [4.78, 5) is 21.4. The maximum absolute atomic E-state index is 11.0. The van der Waals surface area contributed by atoms with Gasteiger partial charge < -0.3 is 29.5 Å². The van der Waals surface area contributed by atoms with Crippen LogP contribution in [0.1, 0.15) is 12.8 Å². The molecule has 0 amide bonds. The minimum absolute atomic E-state index is 0.0213. The molecule has 3 N–H and O–H groups in total. The Hall–Kier alpha value is -1.80. The smallest absolute Gasteiger partial charge is 0.450 e. The maximum Gasteiger partial charge on any atom is 0.508 e. The monoisotopic (exact) mass is 276 g/mol. The van der Waals surface area contributed by atoms with Crippen LogP contribution in [0.25, 0.3) is 0 Å². The molecule has 0 aromatic rings. The topological polar surface area (TPSA) is 123 Å². The molecule has 4 atom stereocenters. The van der Waals surface area contributed by atoms with Crippen molar-refractivity contribution in [2.45, 2.75) is 37.3 Å². The molecule has 0 radical (unpaired) electrons. The van der Waals surface area contributed by atoms with Gasteiger partial charge in [0.15, 0.2) is 0 Å². The summed E-state index contributed by atoms with van der Waals surface area (Å²) in [6, 6.07) is 0. The number of carboxylic acid groups (broad SMARTS) is 1. The molecule has 19 heavy (non-hydrogen) atoms. The van der Waals surface area contributed by atoms with E-state index in [0.29, 0.717) is 0 Å². The molecular formula is C11H16O8. The quantitative estimate of drug-likeness (QED) is 0.485. The third kappa shape index (κ3) is 5.14. The summed E-state index contributed by atoms with van der Waals surface area (Å²) in [6.07, 6.45) is -3.89. The molecular weight excluding hydrogens is 260 g/mol. The molecule has 0 spiro atoms. The average molecular weight is 276 g/mol. The standard InChI is InChI=1S/C11H16O8/c1-17-11(16)19-7-3-2-6(18-10(14)15)4-8(12)9(13)5-7/h2-3,6-9,12-13H,4-5H2,1H3,(H,14,15)/b3-2+. The first kappa shape index (κ1) is 15.3. The zero-order valence-corrected chi connectivity index (χ0v) is 10.3. The van der Waals surface area contributed by atoms with Gasteiger partial charge in [0.1, 0.15) is 12.2 Å². The Bertz CT molecular complexity index is 353. The van der Waals surface area contributed by atoms with Gasteiger partial charge in [0.25, 0.3) is 0 Å². The van der Waals surface area contributed by atoms with Gasteiger partial charge in [-0.05, 0) is 12.2 Å². The SMILES string of the molecule is COC(=O)OC1/C=C/C(OC(=O)O)CC(O)C(O)C1. The molecule has 0 aliphatic heterocycles. The highest BCUT2D eigenvalue weighted by molar-refractivity contribution is 5.60. The lowest BCUT2D eigenvalue weighted by Gasteiger charge is -2.26. The van der Waals surface area contributed by atoms with E-state index < -0.39 is 36.7 Å². The second-order valence-corrected chi connectivity index (χ2v) is 4.02. The number of rotatable bonds is 2. The van der Waals surface area contributed by atoms with Crippen molar-refractivity contribution in [2.24, 2.45) is 0 Å². The Morgan fingerprint density at radius 2 is 1.53 bits per heavy atom. The second-order valence-electron chi connectivity index (χ2n) is 4.02. The van der Waals surface area contributed by atoms with Gasteiger partial charge in [-0.15, -0.1) is 0 Å². The summed E-state index contributed by atoms with van der Waals surface area (Å²) in [5.74, 6) is 0. The van der Waals surface area contributed by atoms with Crippen molar-refractivity contribution in [1.82, 2.24) is 0 Å². The Kier molecular flexibility index (Phi) is 5.58. The molecule has 1 aliphatic carbocycles. The van der Waals surface area contributed by atoms with Crippen LogP contribution in [-0.4, -0.2) is 59.2 Å². The van der Waals surface area contributed by atoms with Crippen molar-refractivity contribution in [3.63, 3.8) is 0 Å². The van der Waals surface area contributed by atoms with Gasteiger partial charge in [0, 0.05) is 12.8 Å². The second kappa shape index (κ2) is 6.95. The number of aliphatic hydroxyl groups excluding tert-OH is 2. The van der Waals surface area contributed by atoms with Crippen LogP contribution in [0.5, 0.6) is 0 Å². The van der Waals surface area contributed by atoms with Crippen molar-refractivity contribution in [1.29, 1.82) is 0 Å². The number of aliphatic hydroxyl groups is 2. The molecule has 8 heteroatoms. The molecule has 108 valence electrons. The molecule has 0 heterocycles. The molecule has 0 saturated heterocycles. The van der Waals surface area contributed by atoms with Gasteiger partial charge in [-0.25, -0.2) is 9.59 Å². The molecule has 1 rings (SSSR count). The van der Waals surface area contributed by atoms with E-state index in [2.05, 4.69) is 9.47 Å². The van der Waals surface area contributed by atoms with E-state index in [0.717, 1.165) is 7.11 Å². The first-order chi connectivity index (χ1) is 8.92. The van der Waals surface area contributed by atoms with E-state index >= 15 is 0 Å². The summed E-state index contributed by atoms with van der Waals surface area (Å²) in [5, 5.41) is 27.8. The van der Waals surface area contributed by atoms with Crippen LogP contribution < -0.4 is 0 Å². The average Bonchev–Trinajstić information content (AvgIpc) is 2.33. The van der Waals surface area contributed by atoms with Crippen molar-refractivity contribution in [3.8, 4) is 0 Å². The minimum atomic E-state index is -1.50. The van der Waals surface area contributed by atoms with Crippen molar-refractivity contribution < 1.29 is 39.1 Å². The molecule has 0 aromatic heterocycles. The van der Waals surface area contributed by atoms with Gasteiger partial charge in [0.05, 0.1) is 19.3 Å². The van der Waals surface area contributed by atoms with Crippen LogP contribution in [0.3, 0.4) is 0 Å². The highest BCUT2D eigenvalue weighted by Gasteiger charge is 2.28. The fourth-order valence-corrected chi connectivity index (χ4v) is 1.67. The van der Waals surface area contributed by atoms with E-state index in [-0.39, 0.29) is 12.8 Å². The number of carbonyl (C=O) groups is 2. The van der Waals surface area contributed by atoms with Gasteiger partial charge in [0.2, 0.25) is 0 Å². The zero-order chi connectivity index (χ0) is 14.4. The Balaban J connectivity index is 2.75. The lowest BCUT2D eigenvalue weighted by atomic mass is 9.97. The summed E-state index contributed by atoms with van der Waals surface area (Å²) in [7, 11) is 1.14. The summed E-state index contributed by atoms with van der Waals surface area (Å²) >= 11 is 0. The van der Waals surface area contributed by atoms with E-state index in [1.807, 2.05) is 0 Å². The van der Waals surface area contributed by atoms with Gasteiger partial charge in [-0.3, -0.25) is 0 Å². The highest BCUT2D eigenvalue weighted by Crippen LogP contribution is 2.18. The van der Waals surface area contributed by atoms with E-state index in [1.165, 1.54) is 12.2 Å². The number of ether oxygens (including phenoxy) is 3. The summed E-state index contributed by atoms with van der Waals surface area (Å²) in [5.41, 5.74) is 0. The van der Waals surface area contributed by atoms with E-state index in [9.17, 15) is 19.8 Å². The fraction of sp³-hybridized carbons (Fsp3) is 0.636. The number of carbonyl (C=O) groups excluding carboxylic acids is 1. The molecule has 0 fully saturated rings. The molecule has 8 nitrogen and oxygen atoms in total. The van der Waals surface area contributed by atoms with Crippen LogP contribution in [-0.2, 0) is 14.2 Å². The number of hydrogen-bond acceptors (Lipinski definition) is 7. The molecule has 1 aliphatic rings. The van der Waals surface area contributed by atoms with Crippen LogP contribution in [0.4, 0.5) is 9.59 Å². The van der Waals surface area contributed by atoms with Crippen molar-refractivity contribution in [2.75, 3.05) is 7.11 Å². The van der Waals surface area contributed by atoms with Crippen molar-refractivity contribution in [3.05, 3.63) is 12.2 Å². The Labute approximate surface area is 109 Å². The molecule has 0 saturated carbocycles. The fourth-order valence-electron chi connectivity index (χ4n) is 1.67. The van der Waals surface area contributed by atoms with Crippen LogP contribution in [0.2, 0.25) is 0 Å². The first-order valence-corrected chi connectivity index (χ1v) is 5.61. The third-order valence-corrected chi connectivity index (χ3v) is 2.60. The van der Waals surface area contributed by atoms with Gasteiger partial charge in [-0.2, -0.15) is 0 Å². The zero-order valence-electron chi connectivity index (χ0n) is 10.3.